The van der Waals surface area contributed by atoms with E-state index in [0.29, 0.717) is 16.7 Å². The van der Waals surface area contributed by atoms with Crippen molar-refractivity contribution in [2.75, 3.05) is 5.32 Å². The molecule has 1 amide bonds. The SMILES string of the molecule is C#C/C=C\C(C(=O)Nc1ccc(-c2cc3oc(C)nc3cc2C)cn1)=C(/C)Cl. The normalized spacial score (nSPS) is 12.1. The number of allylic oxidation sites excluding steroid dienone is 2. The number of fused-ring (bicyclic) bond motifs is 1. The number of nitrogens with one attached hydrogen (secondary N) is 1. The van der Waals surface area contributed by atoms with Crippen LogP contribution in [0, 0.1) is 26.2 Å². The van der Waals surface area contributed by atoms with Crippen LogP contribution in [0.25, 0.3) is 22.2 Å². The highest BCUT2D eigenvalue weighted by atomic mass is 35.5. The Labute approximate surface area is 168 Å². The van der Waals surface area contributed by atoms with E-state index in [1.807, 2.05) is 32.0 Å². The molecule has 0 saturated carbocycles. The van der Waals surface area contributed by atoms with Gasteiger partial charge in [-0.25, -0.2) is 9.97 Å². The molecule has 0 aliphatic rings. The number of carbonyl (C=O) groups is 1. The van der Waals surface area contributed by atoms with E-state index in [-0.39, 0.29) is 11.5 Å². The number of carbonyl (C=O) groups excluding carboxylic acids is 1. The predicted octanol–water partition coefficient (Wildman–Crippen LogP) is 5.15. The molecule has 5 nitrogen and oxygen atoms in total. The third-order valence-electron chi connectivity index (χ3n) is 4.12. The molecule has 0 aliphatic carbocycles. The molecule has 6 heteroatoms. The van der Waals surface area contributed by atoms with E-state index in [0.717, 1.165) is 27.8 Å². The standard InChI is InChI=1S/C22H18ClN3O2/c1-5-6-7-17(14(3)23)22(27)26-21-9-8-16(12-24-21)18-11-20-19(10-13(18)2)25-15(4)28-20/h1,6-12H,2-4H3,(H,24,26,27)/b7-6-,17-14-. The van der Waals surface area contributed by atoms with Gasteiger partial charge in [-0.1, -0.05) is 17.5 Å². The van der Waals surface area contributed by atoms with E-state index < -0.39 is 0 Å². The smallest absolute Gasteiger partial charge is 0.258 e. The largest absolute Gasteiger partial charge is 0.441 e. The van der Waals surface area contributed by atoms with Crippen LogP contribution < -0.4 is 5.32 Å². The van der Waals surface area contributed by atoms with Crippen molar-refractivity contribution in [1.29, 1.82) is 0 Å². The summed E-state index contributed by atoms with van der Waals surface area (Å²) in [6.07, 6.45) is 9.80. The molecule has 0 fully saturated rings. The first-order chi connectivity index (χ1) is 13.4. The van der Waals surface area contributed by atoms with E-state index in [9.17, 15) is 4.79 Å². The number of pyridine rings is 1. The van der Waals surface area contributed by atoms with Gasteiger partial charge in [-0.3, -0.25) is 4.79 Å². The lowest BCUT2D eigenvalue weighted by Crippen LogP contribution is -2.14. The molecule has 0 atom stereocenters. The summed E-state index contributed by atoms with van der Waals surface area (Å²) < 4.78 is 5.62. The Morgan fingerprint density at radius 1 is 1.32 bits per heavy atom. The first-order valence-electron chi connectivity index (χ1n) is 8.53. The average Bonchev–Trinajstić information content (AvgIpc) is 3.00. The number of hydrogen-bond donors (Lipinski definition) is 1. The highest BCUT2D eigenvalue weighted by molar-refractivity contribution is 6.32. The molecular formula is C22H18ClN3O2. The van der Waals surface area contributed by atoms with Crippen molar-refractivity contribution in [2.45, 2.75) is 20.8 Å². The van der Waals surface area contributed by atoms with E-state index in [1.165, 1.54) is 12.2 Å². The summed E-state index contributed by atoms with van der Waals surface area (Å²) in [5.74, 6) is 2.99. The van der Waals surface area contributed by atoms with Crippen LogP contribution in [0.4, 0.5) is 5.82 Å². The Kier molecular flexibility index (Phi) is 5.62. The van der Waals surface area contributed by atoms with Crippen LogP contribution >= 0.6 is 11.6 Å². The van der Waals surface area contributed by atoms with Crippen molar-refractivity contribution < 1.29 is 9.21 Å². The van der Waals surface area contributed by atoms with E-state index in [4.69, 9.17) is 22.4 Å². The maximum absolute atomic E-state index is 12.4. The lowest BCUT2D eigenvalue weighted by molar-refractivity contribution is -0.112. The van der Waals surface area contributed by atoms with Gasteiger partial charge in [0, 0.05) is 23.7 Å². The van der Waals surface area contributed by atoms with E-state index >= 15 is 0 Å². The summed E-state index contributed by atoms with van der Waals surface area (Å²) in [7, 11) is 0. The van der Waals surface area contributed by atoms with Gasteiger partial charge in [-0.05, 0) is 61.4 Å². The van der Waals surface area contributed by atoms with Crippen LogP contribution in [0.5, 0.6) is 0 Å². The first kappa shape index (κ1) is 19.4. The highest BCUT2D eigenvalue weighted by Crippen LogP contribution is 2.29. The Balaban J connectivity index is 1.85. The number of aryl methyl sites for hydroxylation is 2. The van der Waals surface area contributed by atoms with Crippen molar-refractivity contribution in [2.24, 2.45) is 0 Å². The van der Waals surface area contributed by atoms with Crippen molar-refractivity contribution in [3.63, 3.8) is 0 Å². The van der Waals surface area contributed by atoms with Crippen molar-refractivity contribution >= 4 is 34.4 Å². The maximum atomic E-state index is 12.4. The first-order valence-corrected chi connectivity index (χ1v) is 8.91. The summed E-state index contributed by atoms with van der Waals surface area (Å²) >= 11 is 5.98. The van der Waals surface area contributed by atoms with Gasteiger partial charge in [0.1, 0.15) is 11.3 Å². The molecule has 1 aromatic carbocycles. The lowest BCUT2D eigenvalue weighted by Gasteiger charge is -2.09. The van der Waals surface area contributed by atoms with Gasteiger partial charge < -0.3 is 9.73 Å². The second kappa shape index (κ2) is 8.12. The Morgan fingerprint density at radius 3 is 2.75 bits per heavy atom. The monoisotopic (exact) mass is 391 g/mol. The summed E-state index contributed by atoms with van der Waals surface area (Å²) in [5, 5.41) is 3.06. The van der Waals surface area contributed by atoms with Gasteiger partial charge >= 0.3 is 0 Å². The summed E-state index contributed by atoms with van der Waals surface area (Å²) in [6.45, 7) is 5.45. The number of rotatable bonds is 4. The van der Waals surface area contributed by atoms with Crippen molar-refractivity contribution in [3.8, 4) is 23.5 Å². The number of hydrogen-bond acceptors (Lipinski definition) is 4. The molecule has 0 bridgehead atoms. The fourth-order valence-electron chi connectivity index (χ4n) is 2.79. The molecule has 3 aromatic rings. The Morgan fingerprint density at radius 2 is 2.11 bits per heavy atom. The quantitative estimate of drug-likeness (QED) is 0.379. The fraction of sp³-hybridized carbons (Fsp3) is 0.136. The summed E-state index contributed by atoms with van der Waals surface area (Å²) in [5.41, 5.74) is 4.79. The number of anilines is 1. The molecule has 0 aliphatic heterocycles. The van der Waals surface area contributed by atoms with Crippen LogP contribution in [0.1, 0.15) is 18.4 Å². The van der Waals surface area contributed by atoms with Crippen molar-refractivity contribution in [3.05, 3.63) is 64.7 Å². The third-order valence-corrected chi connectivity index (χ3v) is 4.32. The van der Waals surface area contributed by atoms with Crippen LogP contribution in [0.2, 0.25) is 0 Å². The second-order valence-corrected chi connectivity index (χ2v) is 6.77. The molecule has 0 unspecified atom stereocenters. The molecule has 2 heterocycles. The molecule has 3 rings (SSSR count). The molecule has 0 spiro atoms. The van der Waals surface area contributed by atoms with Crippen LogP contribution in [-0.4, -0.2) is 15.9 Å². The molecule has 2 aromatic heterocycles. The molecule has 1 N–H and O–H groups in total. The van der Waals surface area contributed by atoms with Crippen LogP contribution in [0.3, 0.4) is 0 Å². The molecule has 0 saturated heterocycles. The molecule has 0 radical (unpaired) electrons. The minimum atomic E-state index is -0.381. The van der Waals surface area contributed by atoms with Gasteiger partial charge in [0.05, 0.1) is 5.57 Å². The zero-order chi connectivity index (χ0) is 20.3. The molecule has 28 heavy (non-hydrogen) atoms. The van der Waals surface area contributed by atoms with Crippen LogP contribution in [0.15, 0.2) is 57.6 Å². The van der Waals surface area contributed by atoms with Gasteiger partial charge in [0.15, 0.2) is 11.5 Å². The third kappa shape index (κ3) is 4.13. The second-order valence-electron chi connectivity index (χ2n) is 6.20. The highest BCUT2D eigenvalue weighted by Gasteiger charge is 2.12. The van der Waals surface area contributed by atoms with E-state index in [2.05, 4.69) is 21.2 Å². The van der Waals surface area contributed by atoms with Gasteiger partial charge in [0.2, 0.25) is 0 Å². The lowest BCUT2D eigenvalue weighted by atomic mass is 10.0. The minimum absolute atomic E-state index is 0.285. The van der Waals surface area contributed by atoms with Gasteiger partial charge in [0.25, 0.3) is 5.91 Å². The molecule has 140 valence electrons. The summed E-state index contributed by atoms with van der Waals surface area (Å²) in [4.78, 5) is 21.1. The number of amides is 1. The number of benzene rings is 1. The number of halogens is 1. The molecular weight excluding hydrogens is 374 g/mol. The maximum Gasteiger partial charge on any atom is 0.258 e. The predicted molar refractivity (Wildman–Crippen MR) is 112 cm³/mol. The van der Waals surface area contributed by atoms with Crippen molar-refractivity contribution in [1.82, 2.24) is 9.97 Å². The summed E-state index contributed by atoms with van der Waals surface area (Å²) in [6, 6.07) is 7.54. The fourth-order valence-corrected chi connectivity index (χ4v) is 2.94. The topological polar surface area (TPSA) is 68.0 Å². The van der Waals surface area contributed by atoms with Gasteiger partial charge in [-0.15, -0.1) is 6.42 Å². The average molecular weight is 392 g/mol. The number of nitrogens with zero attached hydrogens (tertiary/aromatic N) is 2. The Hall–Kier alpha value is -3.36. The number of aromatic nitrogens is 2. The van der Waals surface area contributed by atoms with Crippen LogP contribution in [-0.2, 0) is 4.79 Å². The number of oxazole rings is 1. The van der Waals surface area contributed by atoms with E-state index in [1.54, 1.807) is 19.2 Å². The Bertz CT molecular complexity index is 1140. The minimum Gasteiger partial charge on any atom is -0.441 e. The number of terminal acetylenes is 1. The van der Waals surface area contributed by atoms with Gasteiger partial charge in [-0.2, -0.15) is 0 Å². The zero-order valence-corrected chi connectivity index (χ0v) is 16.5. The zero-order valence-electron chi connectivity index (χ0n) is 15.7.